The zero-order chi connectivity index (χ0) is 21.6. The van der Waals surface area contributed by atoms with Crippen molar-refractivity contribution in [3.05, 3.63) is 77.5 Å². The lowest BCUT2D eigenvalue weighted by Crippen LogP contribution is -2.14. The molecule has 0 fully saturated rings. The van der Waals surface area contributed by atoms with Gasteiger partial charge in [-0.3, -0.25) is 4.79 Å². The van der Waals surface area contributed by atoms with Crippen molar-refractivity contribution in [1.82, 2.24) is 14.5 Å². The van der Waals surface area contributed by atoms with Crippen LogP contribution >= 0.6 is 0 Å². The first kappa shape index (κ1) is 21.1. The van der Waals surface area contributed by atoms with Gasteiger partial charge in [0.1, 0.15) is 5.82 Å². The zero-order valence-electron chi connectivity index (χ0n) is 17.4. The zero-order valence-corrected chi connectivity index (χ0v) is 17.4. The molecule has 1 aliphatic rings. The number of aliphatic carboxylic acids is 1. The van der Waals surface area contributed by atoms with Gasteiger partial charge in [0.2, 0.25) is 0 Å². The molecule has 7 heteroatoms. The number of anilines is 1. The topological polar surface area (TPSA) is 100 Å². The van der Waals surface area contributed by atoms with Gasteiger partial charge in [0.15, 0.2) is 0 Å². The normalized spacial score (nSPS) is 15.0. The maximum Gasteiger partial charge on any atom is 0.304 e. The summed E-state index contributed by atoms with van der Waals surface area (Å²) in [5.74, 6) is -0.0285. The molecule has 0 spiro atoms. The van der Waals surface area contributed by atoms with Crippen LogP contribution in [0.4, 0.5) is 5.82 Å². The van der Waals surface area contributed by atoms with Crippen LogP contribution in [-0.2, 0) is 24.2 Å². The van der Waals surface area contributed by atoms with E-state index in [-0.39, 0.29) is 12.3 Å². The van der Waals surface area contributed by atoms with Gasteiger partial charge in [0.25, 0.3) is 0 Å². The Morgan fingerprint density at radius 1 is 1.19 bits per heavy atom. The summed E-state index contributed by atoms with van der Waals surface area (Å²) in [6.45, 7) is 1.45. The van der Waals surface area contributed by atoms with Crippen LogP contribution in [0.3, 0.4) is 0 Å². The van der Waals surface area contributed by atoms with Gasteiger partial charge in [0.05, 0.1) is 24.5 Å². The molecule has 0 amide bonds. The number of hydrogen-bond acceptors (Lipinski definition) is 5. The monoisotopic (exact) mass is 420 g/mol. The van der Waals surface area contributed by atoms with Crippen LogP contribution in [0.25, 0.3) is 0 Å². The minimum absolute atomic E-state index is 0.0398. The Morgan fingerprint density at radius 2 is 2.03 bits per heavy atom. The number of aliphatic hydroxyl groups excluding tert-OH is 1. The van der Waals surface area contributed by atoms with E-state index in [0.717, 1.165) is 36.5 Å². The predicted molar refractivity (Wildman–Crippen MR) is 118 cm³/mol. The maximum atomic E-state index is 11.3. The number of aliphatic hydroxyl groups is 1. The third-order valence-corrected chi connectivity index (χ3v) is 5.74. The van der Waals surface area contributed by atoms with Gasteiger partial charge in [-0.25, -0.2) is 9.97 Å². The number of nitrogens with zero attached hydrogens (tertiary/aromatic N) is 3. The van der Waals surface area contributed by atoms with Crippen molar-refractivity contribution in [3.8, 4) is 0 Å². The minimum atomic E-state index is -0.832. The number of carbonyl (C=O) groups is 1. The van der Waals surface area contributed by atoms with Gasteiger partial charge in [-0.05, 0) is 42.9 Å². The highest BCUT2D eigenvalue weighted by atomic mass is 16.4. The lowest BCUT2D eigenvalue weighted by atomic mass is 9.95. The predicted octanol–water partition coefficient (Wildman–Crippen LogP) is 3.56. The quantitative estimate of drug-likeness (QED) is 0.489. The third-order valence-electron chi connectivity index (χ3n) is 5.74. The highest BCUT2D eigenvalue weighted by Crippen LogP contribution is 2.24. The van der Waals surface area contributed by atoms with Crippen LogP contribution in [0, 0.1) is 0 Å². The van der Waals surface area contributed by atoms with E-state index in [1.54, 1.807) is 6.33 Å². The van der Waals surface area contributed by atoms with Crippen molar-refractivity contribution < 1.29 is 15.0 Å². The van der Waals surface area contributed by atoms with Crippen molar-refractivity contribution in [2.75, 3.05) is 11.9 Å². The smallest absolute Gasteiger partial charge is 0.304 e. The van der Waals surface area contributed by atoms with E-state index in [9.17, 15) is 15.0 Å². The Bertz CT molecular complexity index is 1020. The van der Waals surface area contributed by atoms with E-state index in [0.29, 0.717) is 25.1 Å². The summed E-state index contributed by atoms with van der Waals surface area (Å²) >= 11 is 0. The molecule has 0 radical (unpaired) electrons. The van der Waals surface area contributed by atoms with Crippen LogP contribution < -0.4 is 5.32 Å². The van der Waals surface area contributed by atoms with Gasteiger partial charge in [-0.2, -0.15) is 0 Å². The van der Waals surface area contributed by atoms with Crippen molar-refractivity contribution >= 4 is 11.8 Å². The number of benzene rings is 1. The summed E-state index contributed by atoms with van der Waals surface area (Å²) in [4.78, 5) is 20.4. The first-order chi connectivity index (χ1) is 15.1. The molecule has 0 saturated heterocycles. The van der Waals surface area contributed by atoms with Crippen LogP contribution in [0.2, 0.25) is 0 Å². The lowest BCUT2D eigenvalue weighted by molar-refractivity contribution is -0.137. The number of carboxylic acid groups (broad SMARTS) is 1. The second kappa shape index (κ2) is 9.75. The molecule has 3 N–H and O–H groups in total. The molecule has 4 rings (SSSR count). The molecular weight excluding hydrogens is 392 g/mol. The summed E-state index contributed by atoms with van der Waals surface area (Å²) < 4.78 is 1.86. The fraction of sp³-hybridized carbons (Fsp3) is 0.375. The fourth-order valence-electron chi connectivity index (χ4n) is 4.07. The van der Waals surface area contributed by atoms with E-state index in [1.807, 2.05) is 47.2 Å². The summed E-state index contributed by atoms with van der Waals surface area (Å²) in [6.07, 6.45) is 6.20. The summed E-state index contributed by atoms with van der Waals surface area (Å²) in [6, 6.07) is 13.8. The molecule has 0 aliphatic carbocycles. The highest BCUT2D eigenvalue weighted by molar-refractivity contribution is 5.68. The second-order valence-corrected chi connectivity index (χ2v) is 8.10. The fourth-order valence-corrected chi connectivity index (χ4v) is 4.07. The molecular formula is C24H28N4O3. The molecule has 0 saturated carbocycles. The van der Waals surface area contributed by atoms with Crippen molar-refractivity contribution in [2.24, 2.45) is 0 Å². The number of carboxylic acids is 1. The van der Waals surface area contributed by atoms with Gasteiger partial charge in [-0.15, -0.1) is 0 Å². The number of aryl methyl sites for hydroxylation is 2. The van der Waals surface area contributed by atoms with Crippen molar-refractivity contribution in [2.45, 2.75) is 50.7 Å². The van der Waals surface area contributed by atoms with Crippen molar-refractivity contribution in [3.63, 3.8) is 0 Å². The van der Waals surface area contributed by atoms with Crippen molar-refractivity contribution in [1.29, 1.82) is 0 Å². The Labute approximate surface area is 181 Å². The number of imidazole rings is 1. The first-order valence-electron chi connectivity index (χ1n) is 10.8. The minimum Gasteiger partial charge on any atom is -0.481 e. The van der Waals surface area contributed by atoms with Gasteiger partial charge >= 0.3 is 5.97 Å². The molecule has 2 unspecified atom stereocenters. The van der Waals surface area contributed by atoms with Gasteiger partial charge in [-0.1, -0.05) is 36.4 Å². The first-order valence-corrected chi connectivity index (χ1v) is 10.8. The molecule has 2 aromatic heterocycles. The molecule has 1 aromatic carbocycles. The van der Waals surface area contributed by atoms with Gasteiger partial charge in [0, 0.05) is 30.9 Å². The molecule has 3 aromatic rings. The Kier molecular flexibility index (Phi) is 6.62. The number of aromatic nitrogens is 3. The second-order valence-electron chi connectivity index (χ2n) is 8.10. The number of nitrogens with one attached hydrogen (secondary N) is 1. The molecule has 31 heavy (non-hydrogen) atoms. The standard InChI is InChI=1S/C24H28N4O3/c29-22(11-10-20-9-8-18-7-4-12-25-24(18)27-20)21-15-28(16-26-21)14-19(13-23(30)31)17-5-2-1-3-6-17/h1-3,5-6,8-9,15-16,19,22,29H,4,7,10-14H2,(H,25,27)(H,30,31). The maximum absolute atomic E-state index is 11.3. The molecule has 162 valence electrons. The highest BCUT2D eigenvalue weighted by Gasteiger charge is 2.18. The van der Waals surface area contributed by atoms with E-state index < -0.39 is 12.1 Å². The van der Waals surface area contributed by atoms with E-state index in [1.165, 1.54) is 5.56 Å². The number of fused-ring (bicyclic) bond motifs is 1. The SMILES string of the molecule is O=C(O)CC(Cn1cnc(C(O)CCc2ccc3c(n2)NCCC3)c1)c1ccccc1. The number of pyridine rings is 1. The van der Waals surface area contributed by atoms with Crippen LogP contribution in [-0.4, -0.2) is 37.3 Å². The van der Waals surface area contributed by atoms with E-state index in [2.05, 4.69) is 21.4 Å². The third kappa shape index (κ3) is 5.49. The van der Waals surface area contributed by atoms with E-state index in [4.69, 9.17) is 0 Å². The average molecular weight is 421 g/mol. The Balaban J connectivity index is 1.37. The number of rotatable bonds is 9. The molecule has 0 bridgehead atoms. The number of hydrogen-bond donors (Lipinski definition) is 3. The molecule has 7 nitrogen and oxygen atoms in total. The molecule has 2 atom stereocenters. The van der Waals surface area contributed by atoms with Crippen LogP contribution in [0.5, 0.6) is 0 Å². The summed E-state index contributed by atoms with van der Waals surface area (Å²) in [5.41, 5.74) is 3.78. The average Bonchev–Trinajstić information content (AvgIpc) is 3.26. The van der Waals surface area contributed by atoms with Crippen LogP contribution in [0.15, 0.2) is 55.0 Å². The Morgan fingerprint density at radius 3 is 2.84 bits per heavy atom. The van der Waals surface area contributed by atoms with Gasteiger partial charge < -0.3 is 20.1 Å². The Hall–Kier alpha value is -3.19. The largest absolute Gasteiger partial charge is 0.481 e. The molecule has 3 heterocycles. The summed E-state index contributed by atoms with van der Waals surface area (Å²) in [5, 5.41) is 23.3. The molecule has 1 aliphatic heterocycles. The van der Waals surface area contributed by atoms with E-state index >= 15 is 0 Å². The summed E-state index contributed by atoms with van der Waals surface area (Å²) in [7, 11) is 0. The lowest BCUT2D eigenvalue weighted by Gasteiger charge is -2.17. The van der Waals surface area contributed by atoms with Crippen LogP contribution in [0.1, 0.15) is 53.8 Å².